The van der Waals surface area contributed by atoms with Gasteiger partial charge in [0, 0.05) is 49.9 Å². The fraction of sp³-hybridized carbons (Fsp3) is 0.156. The quantitative estimate of drug-likeness (QED) is 0.0138. The number of benzene rings is 10. The number of carbonyl (C=O) groups is 4. The molecule has 0 bridgehead atoms. The van der Waals surface area contributed by atoms with Crippen molar-refractivity contribution in [2.24, 2.45) is 0 Å². The van der Waals surface area contributed by atoms with Crippen molar-refractivity contribution in [2.45, 2.75) is 40.3 Å². The lowest BCUT2D eigenvalue weighted by atomic mass is 9.99. The second-order valence-corrected chi connectivity index (χ2v) is 28.2. The van der Waals surface area contributed by atoms with E-state index in [2.05, 4.69) is 57.0 Å². The third-order valence-corrected chi connectivity index (χ3v) is 19.7. The van der Waals surface area contributed by atoms with E-state index in [0.717, 1.165) is 22.0 Å². The number of phenols is 1. The topological polar surface area (TPSA) is 294 Å². The van der Waals surface area contributed by atoms with Crippen LogP contribution in [0.1, 0.15) is 42.3 Å². The van der Waals surface area contributed by atoms with Gasteiger partial charge in [0.15, 0.2) is 44.7 Å². The number of carboxylic acids is 2. The van der Waals surface area contributed by atoms with E-state index in [-0.39, 0.29) is 77.1 Å². The number of pyridine rings is 4. The summed E-state index contributed by atoms with van der Waals surface area (Å²) in [7, 11) is 0. The number of rotatable bonds is 22. The molecule has 21 nitrogen and oxygen atoms in total. The van der Waals surface area contributed by atoms with Crippen LogP contribution in [0.25, 0.3) is 87.2 Å². The van der Waals surface area contributed by atoms with E-state index >= 15 is 0 Å². The van der Waals surface area contributed by atoms with Crippen LogP contribution >= 0.6 is 96.5 Å². The highest BCUT2D eigenvalue weighted by Gasteiger charge is 2.23. The van der Waals surface area contributed by atoms with E-state index in [1.807, 2.05) is 78.0 Å². The lowest BCUT2D eigenvalue weighted by Crippen LogP contribution is -2.19. The van der Waals surface area contributed by atoms with Crippen molar-refractivity contribution < 1.29 is 62.9 Å². The summed E-state index contributed by atoms with van der Waals surface area (Å²) < 4.78 is 35.8. The minimum absolute atomic E-state index is 0.0329. The molecule has 118 heavy (non-hydrogen) atoms. The minimum atomic E-state index is -1.03. The van der Waals surface area contributed by atoms with E-state index in [1.165, 1.54) is 6.07 Å². The highest BCUT2D eigenvalue weighted by molar-refractivity contribution is 14.1. The van der Waals surface area contributed by atoms with Gasteiger partial charge in [-0.25, -0.2) is 4.79 Å². The van der Waals surface area contributed by atoms with Gasteiger partial charge in [-0.05, 0) is 136 Å². The van der Waals surface area contributed by atoms with Gasteiger partial charge in [-0.3, -0.25) is 33.6 Å². The molecule has 0 aliphatic heterocycles. The predicted molar refractivity (Wildman–Crippen MR) is 487 cm³/mol. The van der Waals surface area contributed by atoms with Gasteiger partial charge in [-0.1, -0.05) is 219 Å². The van der Waals surface area contributed by atoms with Crippen LogP contribution in [-0.2, 0) is 43.4 Å². The summed E-state index contributed by atoms with van der Waals surface area (Å²) in [5.74, 6) is -0.870. The number of hydrogen-bond donors (Lipinski definition) is 5. The third-order valence-electron chi connectivity index (χ3n) is 17.1. The molecular weight excluding hydrogens is 1790 g/mol. The number of halogens is 7. The molecule has 0 saturated carbocycles. The molecule has 0 atom stereocenters. The van der Waals surface area contributed by atoms with Crippen LogP contribution in [0.2, 0.25) is 25.1 Å². The van der Waals surface area contributed by atoms with Crippen LogP contribution < -0.4 is 40.7 Å². The molecule has 0 aliphatic rings. The Labute approximate surface area is 723 Å². The van der Waals surface area contributed by atoms with Gasteiger partial charge in [0.05, 0.1) is 110 Å². The van der Waals surface area contributed by atoms with E-state index in [1.54, 1.807) is 181 Å². The molecule has 0 spiro atoms. The molecule has 28 heteroatoms. The van der Waals surface area contributed by atoms with Crippen LogP contribution in [0, 0.1) is 0 Å². The number of para-hydroxylation sites is 5. The SMILES string of the molecule is C=CCBr.C=CCOc1c(Cl)ccc2c(=O)c3ccccc3[nH]c12.C=CCOc1c(Cl)ccc2c(=O)c3ccccc3n(CC(=O)O)c12.C=CCOc1c(Cl)ccc2c(=O)c3ccccc3n(CC(=O)OCC)c12.CCOC(=O)CI.CCOc1c(Cl)cccc1Cc1ccccc1C(=O)O.O=c1c2ccccc2[nH]c2c(O)c(Cl)ccc12. The number of aromatic hydroxyl groups is 1. The maximum Gasteiger partial charge on any atom is 0.335 e. The van der Waals surface area contributed by atoms with Crippen LogP contribution in [0.15, 0.2) is 258 Å². The number of aromatic carboxylic acids is 1. The lowest BCUT2D eigenvalue weighted by molar-refractivity contribution is -0.143. The number of aromatic amines is 2. The summed E-state index contributed by atoms with van der Waals surface area (Å²) in [6, 6.07) is 53.9. The summed E-state index contributed by atoms with van der Waals surface area (Å²) in [5, 5.41) is 35.1. The highest BCUT2D eigenvalue weighted by Crippen LogP contribution is 2.38. The maximum atomic E-state index is 12.9. The Morgan fingerprint density at radius 2 is 0.831 bits per heavy atom. The molecule has 4 aromatic heterocycles. The largest absolute Gasteiger partial charge is 0.504 e. The lowest BCUT2D eigenvalue weighted by Gasteiger charge is -2.18. The first-order chi connectivity index (χ1) is 56.9. The zero-order chi connectivity index (χ0) is 85.7. The van der Waals surface area contributed by atoms with Crippen LogP contribution in [-0.4, -0.2) is 108 Å². The van der Waals surface area contributed by atoms with Crippen molar-refractivity contribution in [1.29, 1.82) is 0 Å². The van der Waals surface area contributed by atoms with Crippen molar-refractivity contribution in [3.05, 3.63) is 321 Å². The molecular formula is C90H79BrCl5IN4O17. The first kappa shape index (κ1) is 92.1. The number of nitrogens with one attached hydrogen (secondary N) is 2. The fourth-order valence-electron chi connectivity index (χ4n) is 12.1. The molecule has 0 aliphatic carbocycles. The zero-order valence-electron chi connectivity index (χ0n) is 63.9. The Bertz CT molecular complexity index is 6330. The molecule has 0 fully saturated rings. The molecule has 0 unspecified atom stereocenters. The molecule has 610 valence electrons. The number of hydrogen-bond acceptors (Lipinski definition) is 15. The van der Waals surface area contributed by atoms with E-state index in [0.29, 0.717) is 155 Å². The summed E-state index contributed by atoms with van der Waals surface area (Å²) in [5.41, 5.74) is 5.85. The number of nitrogens with zero attached hydrogens (tertiary/aromatic N) is 2. The smallest absolute Gasteiger partial charge is 0.335 e. The number of aromatic nitrogens is 4. The number of alkyl halides is 2. The molecule has 0 radical (unpaired) electrons. The predicted octanol–water partition coefficient (Wildman–Crippen LogP) is 20.9. The Hall–Kier alpha value is -11.4. The number of ether oxygens (including phenoxy) is 6. The molecule has 5 N–H and O–H groups in total. The monoisotopic (exact) mass is 1870 g/mol. The number of carboxylic acid groups (broad SMARTS) is 2. The number of fused-ring (bicyclic) bond motifs is 8. The number of allylic oxidation sites excluding steroid dienone is 1. The number of H-pyrrole nitrogens is 2. The van der Waals surface area contributed by atoms with Crippen molar-refractivity contribution in [2.75, 3.05) is 49.4 Å². The van der Waals surface area contributed by atoms with Gasteiger partial charge in [-0.15, -0.1) is 6.58 Å². The zero-order valence-corrected chi connectivity index (χ0v) is 71.4. The van der Waals surface area contributed by atoms with Gasteiger partial charge in [0.2, 0.25) is 0 Å². The maximum absolute atomic E-state index is 12.9. The summed E-state index contributed by atoms with van der Waals surface area (Å²) in [6.07, 6.45) is 7.03. The third kappa shape index (κ3) is 22.9. The number of phenolic OH excluding ortho intramolecular Hbond substituents is 1. The van der Waals surface area contributed by atoms with E-state index in [4.69, 9.17) is 81.7 Å². The molecule has 14 aromatic rings. The van der Waals surface area contributed by atoms with Gasteiger partial charge in [-0.2, -0.15) is 0 Å². The summed E-state index contributed by atoms with van der Waals surface area (Å²) in [4.78, 5) is 102. The van der Waals surface area contributed by atoms with Gasteiger partial charge < -0.3 is 62.8 Å². The fourth-order valence-corrected chi connectivity index (χ4v) is 13.4. The standard InChI is InChI=1S/C20H18ClNO4.C18H14ClNO4.C16H12ClNO2.C16H15ClO3.C13H8ClNO2.C4H7IO2.C3H5Br/c1-3-11-26-20-15(21)10-9-14-18(20)22(12-17(23)25-4-2)16-8-6-5-7-13(16)19(14)24;1-2-9-24-18-13(19)8-7-12-16(18)20(10-15(21)22)14-6-4-3-5-11(14)17(12)23;1-2-9-20-16-12(17)8-7-11-14(16)18-13-6-4-3-5-10(13)15(11)19;1-2-20-15-12(7-5-9-14(15)17)10-11-6-3-4-8-13(11)16(18)19;14-9-6-5-8-11(13(9)17)15-10-4-2-1-3-7(10)12(8)16;1-2-7-4(6)3-5;1-2-3-4/h3,5-10H,1,4,11-12H2,2H3;2-8H,1,9-10H2,(H,21,22);2-8H,1,9H2,(H,18,19);3-9H,2,10H2,1H3,(H,18,19);1-6,17H,(H,15,16);2-3H2,1H3;2H,1,3H2. The molecule has 4 heterocycles. The average molecular weight is 1870 g/mol. The Morgan fingerprint density at radius 1 is 0.432 bits per heavy atom. The summed E-state index contributed by atoms with van der Waals surface area (Å²) in [6.45, 7) is 21.3. The summed E-state index contributed by atoms with van der Waals surface area (Å²) >= 11 is 35.8. The van der Waals surface area contributed by atoms with Crippen molar-refractivity contribution in [3.63, 3.8) is 0 Å². The van der Waals surface area contributed by atoms with Crippen molar-refractivity contribution in [1.82, 2.24) is 19.1 Å². The molecule has 0 saturated heterocycles. The first-order valence-corrected chi connectivity index (χ1v) is 40.7. The van der Waals surface area contributed by atoms with Crippen molar-refractivity contribution in [3.8, 4) is 28.7 Å². The Morgan fingerprint density at radius 3 is 1.30 bits per heavy atom. The van der Waals surface area contributed by atoms with Crippen molar-refractivity contribution >= 4 is 208 Å². The number of carbonyl (C=O) groups excluding carboxylic acids is 2. The normalized spacial score (nSPS) is 10.5. The van der Waals surface area contributed by atoms with Crippen LogP contribution in [0.4, 0.5) is 0 Å². The van der Waals surface area contributed by atoms with Gasteiger partial charge in [0.25, 0.3) is 0 Å². The van der Waals surface area contributed by atoms with E-state index < -0.39 is 17.9 Å². The van der Waals surface area contributed by atoms with Gasteiger partial charge >= 0.3 is 23.9 Å². The Kier molecular flexibility index (Phi) is 35.4. The van der Waals surface area contributed by atoms with Crippen LogP contribution in [0.3, 0.4) is 0 Å². The molecule has 10 aromatic carbocycles. The minimum Gasteiger partial charge on any atom is -0.504 e. The number of esters is 2. The second-order valence-electron chi connectivity index (χ2n) is 24.7. The average Bonchev–Trinajstić information content (AvgIpc) is 0.725. The van der Waals surface area contributed by atoms with Crippen LogP contribution in [0.5, 0.6) is 28.7 Å². The molecule has 0 amide bonds. The Balaban J connectivity index is 0.000000179. The first-order valence-electron chi connectivity index (χ1n) is 36.2. The second kappa shape index (κ2) is 45.3. The van der Waals surface area contributed by atoms with E-state index in [9.17, 15) is 53.7 Å². The van der Waals surface area contributed by atoms with Gasteiger partial charge in [0.1, 0.15) is 38.7 Å². The highest BCUT2D eigenvalue weighted by atomic mass is 127. The molecule has 14 rings (SSSR count). The number of aliphatic carboxylic acids is 1.